The van der Waals surface area contributed by atoms with Crippen molar-refractivity contribution in [2.24, 2.45) is 17.1 Å². The standard InChI is InChI=1S/C15H28N2O/c1-12-5-9-15(11-16,10-6-12)13(18)17-14(2)7-3-4-8-14/h12H,3-11,16H2,1-2H3,(H,17,18). The number of rotatable bonds is 3. The Labute approximate surface area is 111 Å². The Morgan fingerprint density at radius 3 is 2.28 bits per heavy atom. The number of nitrogens with one attached hydrogen (secondary N) is 1. The Balaban J connectivity index is 2.01. The molecule has 18 heavy (non-hydrogen) atoms. The lowest BCUT2D eigenvalue weighted by molar-refractivity contribution is -0.134. The quantitative estimate of drug-likeness (QED) is 0.811. The zero-order valence-corrected chi connectivity index (χ0v) is 11.9. The van der Waals surface area contributed by atoms with Gasteiger partial charge >= 0.3 is 0 Å². The maximum atomic E-state index is 12.6. The summed E-state index contributed by atoms with van der Waals surface area (Å²) in [5, 5.41) is 3.31. The molecule has 0 aromatic heterocycles. The van der Waals surface area contributed by atoms with Gasteiger partial charge in [-0.2, -0.15) is 0 Å². The average molecular weight is 252 g/mol. The first-order chi connectivity index (χ1) is 8.50. The average Bonchev–Trinajstić information content (AvgIpc) is 2.77. The minimum absolute atomic E-state index is 0.0301. The molecule has 0 aliphatic heterocycles. The van der Waals surface area contributed by atoms with Crippen molar-refractivity contribution >= 4 is 5.91 Å². The van der Waals surface area contributed by atoms with Gasteiger partial charge in [0.05, 0.1) is 5.41 Å². The minimum Gasteiger partial charge on any atom is -0.350 e. The maximum Gasteiger partial charge on any atom is 0.227 e. The van der Waals surface area contributed by atoms with Crippen LogP contribution in [0.5, 0.6) is 0 Å². The number of hydrogen-bond donors (Lipinski definition) is 2. The summed E-state index contributed by atoms with van der Waals surface area (Å²) in [6.45, 7) is 4.96. The van der Waals surface area contributed by atoms with Crippen LogP contribution >= 0.6 is 0 Å². The van der Waals surface area contributed by atoms with E-state index < -0.39 is 0 Å². The molecule has 0 bridgehead atoms. The van der Waals surface area contributed by atoms with E-state index in [1.165, 1.54) is 12.8 Å². The SMILES string of the molecule is CC1CCC(CN)(C(=O)NC2(C)CCCC2)CC1. The van der Waals surface area contributed by atoms with Crippen LogP contribution in [0.25, 0.3) is 0 Å². The van der Waals surface area contributed by atoms with Gasteiger partial charge in [0.15, 0.2) is 0 Å². The summed E-state index contributed by atoms with van der Waals surface area (Å²) in [4.78, 5) is 12.6. The Kier molecular flexibility index (Phi) is 4.00. The van der Waals surface area contributed by atoms with Crippen molar-refractivity contribution in [2.45, 2.75) is 70.8 Å². The highest BCUT2D eigenvalue weighted by molar-refractivity contribution is 5.83. The van der Waals surface area contributed by atoms with Crippen LogP contribution in [0.1, 0.15) is 65.2 Å². The molecule has 2 fully saturated rings. The number of carbonyl (C=O) groups is 1. The molecule has 2 rings (SSSR count). The van der Waals surface area contributed by atoms with E-state index in [0.717, 1.165) is 44.4 Å². The van der Waals surface area contributed by atoms with Crippen LogP contribution in [0, 0.1) is 11.3 Å². The normalized spacial score (nSPS) is 35.4. The van der Waals surface area contributed by atoms with Crippen molar-refractivity contribution in [3.05, 3.63) is 0 Å². The van der Waals surface area contributed by atoms with E-state index in [0.29, 0.717) is 6.54 Å². The molecule has 104 valence electrons. The molecule has 1 amide bonds. The summed E-state index contributed by atoms with van der Waals surface area (Å²) in [6, 6.07) is 0. The first-order valence-corrected chi connectivity index (χ1v) is 7.52. The van der Waals surface area contributed by atoms with Crippen molar-refractivity contribution in [1.82, 2.24) is 5.32 Å². The second kappa shape index (κ2) is 5.20. The van der Waals surface area contributed by atoms with Gasteiger partial charge in [0.25, 0.3) is 0 Å². The van der Waals surface area contributed by atoms with Crippen molar-refractivity contribution in [3.63, 3.8) is 0 Å². The zero-order chi connectivity index (χ0) is 13.2. The minimum atomic E-state index is -0.280. The topological polar surface area (TPSA) is 55.1 Å². The fourth-order valence-corrected chi connectivity index (χ4v) is 3.53. The lowest BCUT2D eigenvalue weighted by Crippen LogP contribution is -2.54. The fraction of sp³-hybridized carbons (Fsp3) is 0.933. The summed E-state index contributed by atoms with van der Waals surface area (Å²) in [6.07, 6.45) is 8.93. The molecule has 0 aromatic rings. The van der Waals surface area contributed by atoms with E-state index in [-0.39, 0.29) is 16.9 Å². The summed E-state index contributed by atoms with van der Waals surface area (Å²) in [7, 11) is 0. The molecule has 0 spiro atoms. The number of amides is 1. The van der Waals surface area contributed by atoms with Crippen LogP contribution < -0.4 is 11.1 Å². The first kappa shape index (κ1) is 13.9. The summed E-state index contributed by atoms with van der Waals surface area (Å²) in [5.41, 5.74) is 5.69. The lowest BCUT2D eigenvalue weighted by atomic mass is 9.70. The first-order valence-electron chi connectivity index (χ1n) is 7.52. The van der Waals surface area contributed by atoms with Gasteiger partial charge in [-0.15, -0.1) is 0 Å². The molecule has 0 atom stereocenters. The molecule has 0 heterocycles. The Morgan fingerprint density at radius 1 is 1.22 bits per heavy atom. The van der Waals surface area contributed by atoms with E-state index in [4.69, 9.17) is 5.73 Å². The predicted octanol–water partition coefficient (Wildman–Crippen LogP) is 2.59. The third-order valence-electron chi connectivity index (χ3n) is 5.23. The van der Waals surface area contributed by atoms with Gasteiger partial charge in [0.2, 0.25) is 5.91 Å². The molecule has 2 aliphatic rings. The van der Waals surface area contributed by atoms with Crippen LogP contribution in [0.2, 0.25) is 0 Å². The van der Waals surface area contributed by atoms with Crippen LogP contribution in [0.3, 0.4) is 0 Å². The van der Waals surface area contributed by atoms with Gasteiger partial charge in [-0.1, -0.05) is 19.8 Å². The Hall–Kier alpha value is -0.570. The van der Waals surface area contributed by atoms with E-state index >= 15 is 0 Å². The van der Waals surface area contributed by atoms with Gasteiger partial charge in [0, 0.05) is 12.1 Å². The van der Waals surface area contributed by atoms with E-state index in [9.17, 15) is 4.79 Å². The van der Waals surface area contributed by atoms with E-state index in [1.807, 2.05) is 0 Å². The van der Waals surface area contributed by atoms with Crippen LogP contribution in [0.15, 0.2) is 0 Å². The summed E-state index contributed by atoms with van der Waals surface area (Å²) < 4.78 is 0. The lowest BCUT2D eigenvalue weighted by Gasteiger charge is -2.39. The molecule has 3 heteroatoms. The molecule has 0 saturated heterocycles. The molecule has 3 nitrogen and oxygen atoms in total. The maximum absolute atomic E-state index is 12.6. The van der Waals surface area contributed by atoms with Crippen LogP contribution in [0.4, 0.5) is 0 Å². The number of hydrogen-bond acceptors (Lipinski definition) is 2. The molecule has 2 aliphatic carbocycles. The summed E-state index contributed by atoms with van der Waals surface area (Å²) in [5.74, 6) is 0.973. The zero-order valence-electron chi connectivity index (χ0n) is 11.9. The van der Waals surface area contributed by atoms with Crippen molar-refractivity contribution in [2.75, 3.05) is 6.54 Å². The third kappa shape index (κ3) is 2.71. The molecule has 0 unspecified atom stereocenters. The number of carbonyl (C=O) groups excluding carboxylic acids is 1. The molecular weight excluding hydrogens is 224 g/mol. The Bertz CT molecular complexity index is 300. The third-order valence-corrected chi connectivity index (χ3v) is 5.23. The fourth-order valence-electron chi connectivity index (χ4n) is 3.53. The van der Waals surface area contributed by atoms with Crippen molar-refractivity contribution < 1.29 is 4.79 Å². The highest BCUT2D eigenvalue weighted by Crippen LogP contribution is 2.39. The monoisotopic (exact) mass is 252 g/mol. The molecule has 0 radical (unpaired) electrons. The summed E-state index contributed by atoms with van der Waals surface area (Å²) >= 11 is 0. The highest BCUT2D eigenvalue weighted by Gasteiger charge is 2.42. The molecule has 3 N–H and O–H groups in total. The van der Waals surface area contributed by atoms with Crippen molar-refractivity contribution in [1.29, 1.82) is 0 Å². The Morgan fingerprint density at radius 2 is 1.78 bits per heavy atom. The van der Waals surface area contributed by atoms with Crippen LogP contribution in [-0.2, 0) is 4.79 Å². The smallest absolute Gasteiger partial charge is 0.227 e. The molecular formula is C15H28N2O. The highest BCUT2D eigenvalue weighted by atomic mass is 16.2. The van der Waals surface area contributed by atoms with E-state index in [1.54, 1.807) is 0 Å². The van der Waals surface area contributed by atoms with Gasteiger partial charge in [0.1, 0.15) is 0 Å². The second-order valence-electron chi connectivity index (χ2n) is 6.89. The predicted molar refractivity (Wildman–Crippen MR) is 74.1 cm³/mol. The second-order valence-corrected chi connectivity index (χ2v) is 6.89. The molecule has 2 saturated carbocycles. The number of nitrogens with two attached hydrogens (primary N) is 1. The largest absolute Gasteiger partial charge is 0.350 e. The van der Waals surface area contributed by atoms with Gasteiger partial charge in [-0.05, 0) is 51.4 Å². The molecule has 0 aromatic carbocycles. The van der Waals surface area contributed by atoms with Gasteiger partial charge < -0.3 is 11.1 Å². The van der Waals surface area contributed by atoms with E-state index in [2.05, 4.69) is 19.2 Å². The van der Waals surface area contributed by atoms with Gasteiger partial charge in [-0.3, -0.25) is 4.79 Å². The van der Waals surface area contributed by atoms with Crippen molar-refractivity contribution in [3.8, 4) is 0 Å². The van der Waals surface area contributed by atoms with Crippen LogP contribution in [-0.4, -0.2) is 18.0 Å². The van der Waals surface area contributed by atoms with Gasteiger partial charge in [-0.25, -0.2) is 0 Å².